The van der Waals surface area contributed by atoms with Gasteiger partial charge in [0.2, 0.25) is 10.0 Å². The van der Waals surface area contributed by atoms with Crippen LogP contribution in [0.4, 0.5) is 5.69 Å². The fourth-order valence-electron chi connectivity index (χ4n) is 1.54. The van der Waals surface area contributed by atoms with Crippen molar-refractivity contribution < 1.29 is 17.9 Å². The molecule has 0 aliphatic heterocycles. The van der Waals surface area contributed by atoms with Gasteiger partial charge in [-0.2, -0.15) is 0 Å². The zero-order chi connectivity index (χ0) is 14.5. The Morgan fingerprint density at radius 2 is 2.11 bits per heavy atom. The quantitative estimate of drug-likeness (QED) is 0.645. The van der Waals surface area contributed by atoms with Gasteiger partial charge in [-0.05, 0) is 31.0 Å². The average Bonchev–Trinajstić information content (AvgIpc) is 2.38. The molecule has 0 atom stereocenters. The Morgan fingerprint density at radius 3 is 2.68 bits per heavy atom. The molecule has 5 nitrogen and oxygen atoms in total. The first-order valence-electron chi connectivity index (χ1n) is 5.65. The largest absolute Gasteiger partial charge is 0.465 e. The minimum absolute atomic E-state index is 0.0572. The first kappa shape index (κ1) is 15.8. The molecule has 1 aromatic carbocycles. The lowest BCUT2D eigenvalue weighted by atomic mass is 10.1. The molecule has 0 heterocycles. The molecule has 0 bridgehead atoms. The van der Waals surface area contributed by atoms with E-state index in [-0.39, 0.29) is 11.6 Å². The molecule has 0 amide bonds. The van der Waals surface area contributed by atoms with Gasteiger partial charge in [-0.25, -0.2) is 13.2 Å². The van der Waals surface area contributed by atoms with Gasteiger partial charge in [-0.3, -0.25) is 4.72 Å². The molecule has 0 aliphatic carbocycles. The second kappa shape index (κ2) is 6.77. The molecule has 1 N–H and O–H groups in total. The molecule has 0 fully saturated rings. The van der Waals surface area contributed by atoms with E-state index in [1.807, 2.05) is 0 Å². The number of sulfonamides is 1. The molecule has 1 rings (SSSR count). The van der Waals surface area contributed by atoms with Crippen molar-refractivity contribution in [1.29, 1.82) is 0 Å². The van der Waals surface area contributed by atoms with Crippen LogP contribution >= 0.6 is 11.6 Å². The summed E-state index contributed by atoms with van der Waals surface area (Å²) in [7, 11) is -2.18. The van der Waals surface area contributed by atoms with Crippen LogP contribution in [0, 0.1) is 6.92 Å². The predicted octanol–water partition coefficient (Wildman–Crippen LogP) is 2.15. The number of methoxy groups -OCH3 is 1. The number of halogens is 1. The second-order valence-corrected chi connectivity index (χ2v) is 6.15. The molecule has 106 valence electrons. The normalized spacial score (nSPS) is 11.1. The molecule has 19 heavy (non-hydrogen) atoms. The van der Waals surface area contributed by atoms with Gasteiger partial charge in [-0.1, -0.05) is 6.07 Å². The van der Waals surface area contributed by atoms with Crippen LogP contribution in [0.3, 0.4) is 0 Å². The minimum atomic E-state index is -3.46. The number of anilines is 1. The van der Waals surface area contributed by atoms with Gasteiger partial charge in [0, 0.05) is 5.88 Å². The summed E-state index contributed by atoms with van der Waals surface area (Å²) in [6, 6.07) is 4.77. The van der Waals surface area contributed by atoms with Crippen molar-refractivity contribution in [2.45, 2.75) is 13.3 Å². The Bertz CT molecular complexity index is 557. The third-order valence-electron chi connectivity index (χ3n) is 2.55. The van der Waals surface area contributed by atoms with Crippen molar-refractivity contribution in [2.75, 3.05) is 23.5 Å². The SMILES string of the molecule is COC(=O)c1cccc(NS(=O)(=O)CCCCl)c1C. The van der Waals surface area contributed by atoms with Crippen molar-refractivity contribution in [3.05, 3.63) is 29.3 Å². The lowest BCUT2D eigenvalue weighted by Gasteiger charge is -2.12. The summed E-state index contributed by atoms with van der Waals surface area (Å²) in [6.45, 7) is 1.66. The fourth-order valence-corrected chi connectivity index (χ4v) is 3.02. The van der Waals surface area contributed by atoms with Crippen LogP contribution in [-0.2, 0) is 14.8 Å². The van der Waals surface area contributed by atoms with Gasteiger partial charge >= 0.3 is 5.97 Å². The highest BCUT2D eigenvalue weighted by molar-refractivity contribution is 7.92. The standard InChI is InChI=1S/C12H16ClNO4S/c1-9-10(12(15)18-2)5-3-6-11(9)14-19(16,17)8-4-7-13/h3,5-6,14H,4,7-8H2,1-2H3. The summed E-state index contributed by atoms with van der Waals surface area (Å²) in [5.74, 6) is -0.278. The number of hydrogen-bond acceptors (Lipinski definition) is 4. The predicted molar refractivity (Wildman–Crippen MR) is 75.3 cm³/mol. The molecule has 0 spiro atoms. The van der Waals surface area contributed by atoms with Crippen molar-refractivity contribution in [2.24, 2.45) is 0 Å². The van der Waals surface area contributed by atoms with Crippen LogP contribution in [0.25, 0.3) is 0 Å². The smallest absolute Gasteiger partial charge is 0.338 e. The van der Waals surface area contributed by atoms with Gasteiger partial charge in [0.15, 0.2) is 0 Å². The fraction of sp³-hybridized carbons (Fsp3) is 0.417. The van der Waals surface area contributed by atoms with Crippen LogP contribution in [0.2, 0.25) is 0 Å². The maximum Gasteiger partial charge on any atom is 0.338 e. The van der Waals surface area contributed by atoms with E-state index in [2.05, 4.69) is 9.46 Å². The van der Waals surface area contributed by atoms with Crippen LogP contribution in [0.15, 0.2) is 18.2 Å². The molecule has 7 heteroatoms. The van der Waals surface area contributed by atoms with Crippen molar-refractivity contribution >= 4 is 33.3 Å². The summed E-state index contributed by atoms with van der Waals surface area (Å²) < 4.78 is 30.6. The molecule has 0 saturated heterocycles. The molecule has 0 aliphatic rings. The van der Waals surface area contributed by atoms with E-state index in [4.69, 9.17) is 11.6 Å². The lowest BCUT2D eigenvalue weighted by molar-refractivity contribution is 0.0600. The number of alkyl halides is 1. The first-order valence-corrected chi connectivity index (χ1v) is 7.84. The maximum atomic E-state index is 11.8. The third kappa shape index (κ3) is 4.40. The number of ether oxygens (including phenoxy) is 1. The summed E-state index contributed by atoms with van der Waals surface area (Å²) in [4.78, 5) is 11.5. The summed E-state index contributed by atoms with van der Waals surface area (Å²) in [5.41, 5.74) is 1.24. The van der Waals surface area contributed by atoms with E-state index in [1.165, 1.54) is 7.11 Å². The Balaban J connectivity index is 3.00. The molecule has 0 aromatic heterocycles. The van der Waals surface area contributed by atoms with E-state index in [0.29, 0.717) is 23.2 Å². The zero-order valence-corrected chi connectivity index (χ0v) is 12.3. The van der Waals surface area contributed by atoms with E-state index in [0.717, 1.165) is 0 Å². The van der Waals surface area contributed by atoms with Crippen LogP contribution in [0.5, 0.6) is 0 Å². The van der Waals surface area contributed by atoms with E-state index < -0.39 is 16.0 Å². The van der Waals surface area contributed by atoms with Crippen molar-refractivity contribution in [3.63, 3.8) is 0 Å². The summed E-state index contributed by atoms with van der Waals surface area (Å²) >= 11 is 5.47. The first-order chi connectivity index (χ1) is 8.91. The Kier molecular flexibility index (Phi) is 5.62. The molecule has 0 saturated carbocycles. The number of esters is 1. The van der Waals surface area contributed by atoms with Gasteiger partial charge in [-0.15, -0.1) is 11.6 Å². The van der Waals surface area contributed by atoms with Crippen LogP contribution in [-0.4, -0.2) is 33.1 Å². The Morgan fingerprint density at radius 1 is 1.42 bits per heavy atom. The minimum Gasteiger partial charge on any atom is -0.465 e. The zero-order valence-electron chi connectivity index (χ0n) is 10.8. The maximum absolute atomic E-state index is 11.8. The molecular weight excluding hydrogens is 290 g/mol. The highest BCUT2D eigenvalue weighted by Crippen LogP contribution is 2.21. The number of hydrogen-bond donors (Lipinski definition) is 1. The average molecular weight is 306 g/mol. The van der Waals surface area contributed by atoms with Gasteiger partial charge in [0.05, 0.1) is 24.1 Å². The number of carbonyl (C=O) groups is 1. The number of rotatable bonds is 6. The number of carbonyl (C=O) groups excluding carboxylic acids is 1. The topological polar surface area (TPSA) is 72.5 Å². The second-order valence-electron chi connectivity index (χ2n) is 3.93. The van der Waals surface area contributed by atoms with Gasteiger partial charge < -0.3 is 4.74 Å². The highest BCUT2D eigenvalue weighted by Gasteiger charge is 2.15. The third-order valence-corrected chi connectivity index (χ3v) is 4.18. The number of nitrogens with one attached hydrogen (secondary N) is 1. The van der Waals surface area contributed by atoms with Crippen LogP contribution in [0.1, 0.15) is 22.3 Å². The highest BCUT2D eigenvalue weighted by atomic mass is 35.5. The van der Waals surface area contributed by atoms with Gasteiger partial charge in [0.25, 0.3) is 0 Å². The number of benzene rings is 1. The molecule has 0 radical (unpaired) electrons. The monoisotopic (exact) mass is 305 g/mol. The van der Waals surface area contributed by atoms with E-state index >= 15 is 0 Å². The van der Waals surface area contributed by atoms with E-state index in [1.54, 1.807) is 25.1 Å². The Hall–Kier alpha value is -1.27. The molecule has 0 unspecified atom stereocenters. The lowest BCUT2D eigenvalue weighted by Crippen LogP contribution is -2.18. The van der Waals surface area contributed by atoms with Crippen molar-refractivity contribution in [3.8, 4) is 0 Å². The molecule has 1 aromatic rings. The van der Waals surface area contributed by atoms with E-state index in [9.17, 15) is 13.2 Å². The summed E-state index contributed by atoms with van der Waals surface area (Å²) in [5, 5.41) is 0. The van der Waals surface area contributed by atoms with Crippen molar-refractivity contribution in [1.82, 2.24) is 0 Å². The summed E-state index contributed by atoms with van der Waals surface area (Å²) in [6.07, 6.45) is 0.368. The molecular formula is C12H16ClNO4S. The van der Waals surface area contributed by atoms with Crippen LogP contribution < -0.4 is 4.72 Å². The van der Waals surface area contributed by atoms with Gasteiger partial charge in [0.1, 0.15) is 0 Å². The Labute approximate surface area is 118 Å².